The fraction of sp³-hybridized carbons (Fsp3) is 0.571. The predicted octanol–water partition coefficient (Wildman–Crippen LogP) is 2.61. The Balaban J connectivity index is 1.75. The second-order valence-corrected chi connectivity index (χ2v) is 6.27. The van der Waals surface area contributed by atoms with Crippen molar-refractivity contribution in [1.29, 1.82) is 5.26 Å². The number of fused-ring (bicyclic) bond motifs is 1. The van der Waals surface area contributed by atoms with E-state index in [9.17, 15) is 4.79 Å². The molecular formula is C14H16N2OS. The summed E-state index contributed by atoms with van der Waals surface area (Å²) in [6.45, 7) is 1.41. The maximum absolute atomic E-state index is 12.4. The number of nitrogens with zero attached hydrogens (tertiary/aromatic N) is 2. The van der Waals surface area contributed by atoms with E-state index in [1.807, 2.05) is 4.90 Å². The Morgan fingerprint density at radius 2 is 2.33 bits per heavy atom. The maximum Gasteiger partial charge on any atom is 0.263 e. The summed E-state index contributed by atoms with van der Waals surface area (Å²) in [7, 11) is 0. The summed E-state index contributed by atoms with van der Waals surface area (Å²) in [5.41, 5.74) is 1.37. The third-order valence-corrected chi connectivity index (χ3v) is 5.07. The van der Waals surface area contributed by atoms with Gasteiger partial charge in [0, 0.05) is 18.0 Å². The van der Waals surface area contributed by atoms with Gasteiger partial charge in [0.2, 0.25) is 0 Å². The molecule has 1 aromatic rings. The predicted molar refractivity (Wildman–Crippen MR) is 70.6 cm³/mol. The van der Waals surface area contributed by atoms with Crippen molar-refractivity contribution < 1.29 is 4.79 Å². The zero-order chi connectivity index (χ0) is 12.5. The Morgan fingerprint density at radius 1 is 1.44 bits per heavy atom. The summed E-state index contributed by atoms with van der Waals surface area (Å²) in [5, 5.41) is 8.97. The van der Waals surface area contributed by atoms with E-state index in [0.717, 1.165) is 37.1 Å². The van der Waals surface area contributed by atoms with Crippen LogP contribution in [0, 0.1) is 17.2 Å². The molecule has 1 aliphatic heterocycles. The fourth-order valence-corrected chi connectivity index (χ4v) is 4.08. The van der Waals surface area contributed by atoms with Gasteiger partial charge < -0.3 is 4.90 Å². The van der Waals surface area contributed by atoms with Crippen molar-refractivity contribution in [2.45, 2.75) is 32.1 Å². The molecule has 4 heteroatoms. The normalized spacial score (nSPS) is 22.6. The van der Waals surface area contributed by atoms with Crippen LogP contribution in [0.25, 0.3) is 0 Å². The fourth-order valence-electron chi connectivity index (χ4n) is 2.86. The number of carbonyl (C=O) groups is 1. The molecule has 2 aliphatic rings. The lowest BCUT2D eigenvalue weighted by Crippen LogP contribution is -2.39. The molecule has 1 aromatic heterocycles. The van der Waals surface area contributed by atoms with Crippen molar-refractivity contribution >= 4 is 17.2 Å². The van der Waals surface area contributed by atoms with Crippen molar-refractivity contribution in [2.24, 2.45) is 5.92 Å². The van der Waals surface area contributed by atoms with Crippen LogP contribution >= 0.6 is 11.3 Å². The van der Waals surface area contributed by atoms with E-state index in [1.54, 1.807) is 11.3 Å². The van der Waals surface area contributed by atoms with Crippen molar-refractivity contribution in [2.75, 3.05) is 13.1 Å². The lowest BCUT2D eigenvalue weighted by molar-refractivity contribution is 0.0703. The van der Waals surface area contributed by atoms with Gasteiger partial charge in [0.15, 0.2) is 0 Å². The minimum absolute atomic E-state index is 0.0227. The first-order chi connectivity index (χ1) is 8.78. The molecule has 1 amide bonds. The van der Waals surface area contributed by atoms with Gasteiger partial charge in [-0.05, 0) is 43.7 Å². The summed E-state index contributed by atoms with van der Waals surface area (Å²) in [4.78, 5) is 16.5. The highest BCUT2D eigenvalue weighted by Crippen LogP contribution is 2.31. The first-order valence-electron chi connectivity index (χ1n) is 6.58. The minimum atomic E-state index is 0.0227. The zero-order valence-corrected chi connectivity index (χ0v) is 11.1. The van der Waals surface area contributed by atoms with E-state index in [4.69, 9.17) is 5.26 Å². The van der Waals surface area contributed by atoms with Crippen LogP contribution in [0.3, 0.4) is 0 Å². The monoisotopic (exact) mass is 260 g/mol. The Morgan fingerprint density at radius 3 is 3.11 bits per heavy atom. The summed E-state index contributed by atoms with van der Waals surface area (Å²) >= 11 is 1.66. The molecule has 0 aromatic carbocycles. The Kier molecular flexibility index (Phi) is 3.09. The number of hydrogen-bond donors (Lipinski definition) is 0. The molecular weight excluding hydrogens is 244 g/mol. The number of likely N-dealkylation sites (tertiary alicyclic amines) is 1. The minimum Gasteiger partial charge on any atom is -0.337 e. The first kappa shape index (κ1) is 11.7. The van der Waals surface area contributed by atoms with Crippen molar-refractivity contribution in [3.05, 3.63) is 21.4 Å². The number of piperidine rings is 1. The summed E-state index contributed by atoms with van der Waals surface area (Å²) < 4.78 is 0. The molecule has 0 radical (unpaired) electrons. The van der Waals surface area contributed by atoms with Crippen molar-refractivity contribution in [3.63, 3.8) is 0 Å². The second kappa shape index (κ2) is 4.74. The van der Waals surface area contributed by atoms with Gasteiger partial charge in [0.25, 0.3) is 5.91 Å². The average molecular weight is 260 g/mol. The van der Waals surface area contributed by atoms with Crippen LogP contribution in [0.5, 0.6) is 0 Å². The van der Waals surface area contributed by atoms with Crippen LogP contribution in [0.1, 0.15) is 39.4 Å². The van der Waals surface area contributed by atoms with E-state index in [-0.39, 0.29) is 11.8 Å². The molecule has 94 valence electrons. The molecule has 0 N–H and O–H groups in total. The third kappa shape index (κ3) is 2.04. The Bertz CT molecular complexity index is 493. The topological polar surface area (TPSA) is 44.1 Å². The molecule has 18 heavy (non-hydrogen) atoms. The lowest BCUT2D eigenvalue weighted by atomic mass is 9.99. The standard InChI is InChI=1S/C14H16N2OS/c15-8-10-3-2-6-16(9-10)14(17)13-7-11-4-1-5-12(11)18-13/h7,10H,1-6,9H2. The summed E-state index contributed by atoms with van der Waals surface area (Å²) in [6, 6.07) is 4.36. The third-order valence-electron chi connectivity index (χ3n) is 3.85. The van der Waals surface area contributed by atoms with Crippen LogP contribution in [0.2, 0.25) is 0 Å². The molecule has 3 rings (SSSR count). The van der Waals surface area contributed by atoms with Crippen LogP contribution in [0.4, 0.5) is 0 Å². The number of rotatable bonds is 1. The number of thiophene rings is 1. The molecule has 1 atom stereocenters. The molecule has 0 saturated carbocycles. The van der Waals surface area contributed by atoms with E-state index >= 15 is 0 Å². The number of amides is 1. The van der Waals surface area contributed by atoms with Crippen LogP contribution in [-0.4, -0.2) is 23.9 Å². The van der Waals surface area contributed by atoms with Crippen LogP contribution < -0.4 is 0 Å². The van der Waals surface area contributed by atoms with Gasteiger partial charge in [0.05, 0.1) is 16.9 Å². The summed E-state index contributed by atoms with van der Waals surface area (Å²) in [5.74, 6) is 0.156. The number of aryl methyl sites for hydroxylation is 2. The van der Waals surface area contributed by atoms with E-state index in [0.29, 0.717) is 6.54 Å². The number of hydrogen-bond acceptors (Lipinski definition) is 3. The molecule has 1 aliphatic carbocycles. The zero-order valence-electron chi connectivity index (χ0n) is 10.3. The molecule has 0 spiro atoms. The van der Waals surface area contributed by atoms with Gasteiger partial charge in [-0.15, -0.1) is 11.3 Å². The van der Waals surface area contributed by atoms with E-state index < -0.39 is 0 Å². The molecule has 2 heterocycles. The smallest absolute Gasteiger partial charge is 0.263 e. The lowest BCUT2D eigenvalue weighted by Gasteiger charge is -2.29. The Hall–Kier alpha value is -1.34. The number of nitriles is 1. The maximum atomic E-state index is 12.4. The molecule has 1 unspecified atom stereocenters. The summed E-state index contributed by atoms with van der Waals surface area (Å²) in [6.07, 6.45) is 5.38. The van der Waals surface area contributed by atoms with E-state index in [2.05, 4.69) is 12.1 Å². The van der Waals surface area contributed by atoms with E-state index in [1.165, 1.54) is 16.9 Å². The van der Waals surface area contributed by atoms with Gasteiger partial charge >= 0.3 is 0 Å². The molecule has 1 saturated heterocycles. The quantitative estimate of drug-likeness (QED) is 0.779. The van der Waals surface area contributed by atoms with Gasteiger partial charge in [-0.25, -0.2) is 0 Å². The molecule has 0 bridgehead atoms. The highest BCUT2D eigenvalue weighted by molar-refractivity contribution is 7.14. The largest absolute Gasteiger partial charge is 0.337 e. The molecule has 1 fully saturated rings. The van der Waals surface area contributed by atoms with Gasteiger partial charge in [0.1, 0.15) is 0 Å². The highest BCUT2D eigenvalue weighted by atomic mass is 32.1. The highest BCUT2D eigenvalue weighted by Gasteiger charge is 2.26. The van der Waals surface area contributed by atoms with Crippen molar-refractivity contribution in [3.8, 4) is 6.07 Å². The first-order valence-corrected chi connectivity index (χ1v) is 7.40. The SMILES string of the molecule is N#CC1CCCN(C(=O)c2cc3c(s2)CCC3)C1. The average Bonchev–Trinajstić information content (AvgIpc) is 2.98. The van der Waals surface area contributed by atoms with Crippen LogP contribution in [-0.2, 0) is 12.8 Å². The second-order valence-electron chi connectivity index (χ2n) is 5.13. The van der Waals surface area contributed by atoms with Gasteiger partial charge in [-0.3, -0.25) is 4.79 Å². The van der Waals surface area contributed by atoms with Gasteiger partial charge in [-0.1, -0.05) is 0 Å². The molecule has 3 nitrogen and oxygen atoms in total. The Labute approximate surface area is 111 Å². The number of carbonyl (C=O) groups excluding carboxylic acids is 1. The van der Waals surface area contributed by atoms with Crippen LogP contribution in [0.15, 0.2) is 6.07 Å². The van der Waals surface area contributed by atoms with Gasteiger partial charge in [-0.2, -0.15) is 5.26 Å². The van der Waals surface area contributed by atoms with Crippen molar-refractivity contribution in [1.82, 2.24) is 4.90 Å².